The molecule has 1 saturated heterocycles. The molecule has 2 unspecified atom stereocenters. The summed E-state index contributed by atoms with van der Waals surface area (Å²) in [5, 5.41) is 0.0605. The molecule has 0 bridgehead atoms. The second kappa shape index (κ2) is 9.27. The maximum absolute atomic E-state index is 13.0. The fourth-order valence-corrected chi connectivity index (χ4v) is 5.44. The van der Waals surface area contributed by atoms with E-state index < -0.39 is 10.0 Å². The van der Waals surface area contributed by atoms with Gasteiger partial charge in [-0.25, -0.2) is 8.42 Å². The third-order valence-electron chi connectivity index (χ3n) is 5.04. The van der Waals surface area contributed by atoms with Crippen molar-refractivity contribution in [2.24, 2.45) is 11.8 Å². The lowest BCUT2D eigenvalue weighted by Crippen LogP contribution is -2.42. The number of hydrogen-bond donors (Lipinski definition) is 1. The smallest absolute Gasteiger partial charge is 0.263 e. The quantitative estimate of drug-likeness (QED) is 0.694. The molecule has 6 nitrogen and oxygen atoms in total. The van der Waals surface area contributed by atoms with E-state index in [9.17, 15) is 13.2 Å². The normalized spacial score (nSPS) is 19.4. The SMILES string of the molecule is CCOc1ccc(NS(=O)(=O)c2cc(C(=O)N3CC(C)CC(C)C3)ccc2Cl)cc1. The number of nitrogens with zero attached hydrogens (tertiary/aromatic N) is 1. The predicted octanol–water partition coefficient (Wildman–Crippen LogP) is 4.66. The molecule has 0 saturated carbocycles. The molecule has 2 aromatic rings. The van der Waals surface area contributed by atoms with Gasteiger partial charge in [0.05, 0.1) is 11.6 Å². The average molecular weight is 451 g/mol. The van der Waals surface area contributed by atoms with E-state index >= 15 is 0 Å². The molecule has 2 aromatic carbocycles. The third kappa shape index (κ3) is 5.26. The van der Waals surface area contributed by atoms with Gasteiger partial charge in [0.1, 0.15) is 10.6 Å². The van der Waals surface area contributed by atoms with Gasteiger partial charge in [-0.3, -0.25) is 9.52 Å². The highest BCUT2D eigenvalue weighted by molar-refractivity contribution is 7.92. The molecule has 1 aliphatic heterocycles. The Morgan fingerprint density at radius 1 is 1.13 bits per heavy atom. The van der Waals surface area contributed by atoms with Crippen molar-refractivity contribution in [3.63, 3.8) is 0 Å². The van der Waals surface area contributed by atoms with Gasteiger partial charge in [0.2, 0.25) is 0 Å². The second-order valence-electron chi connectivity index (χ2n) is 7.86. The first-order valence-corrected chi connectivity index (χ1v) is 11.9. The number of carbonyl (C=O) groups excluding carboxylic acids is 1. The number of benzene rings is 2. The van der Waals surface area contributed by atoms with Crippen LogP contribution in [0.2, 0.25) is 5.02 Å². The van der Waals surface area contributed by atoms with Crippen LogP contribution in [0.25, 0.3) is 0 Å². The summed E-state index contributed by atoms with van der Waals surface area (Å²) in [4.78, 5) is 14.7. The van der Waals surface area contributed by atoms with Crippen molar-refractivity contribution in [2.45, 2.75) is 32.1 Å². The summed E-state index contributed by atoms with van der Waals surface area (Å²) in [5.41, 5.74) is 0.692. The van der Waals surface area contributed by atoms with Crippen LogP contribution in [-0.2, 0) is 10.0 Å². The van der Waals surface area contributed by atoms with Crippen LogP contribution in [0.1, 0.15) is 37.6 Å². The van der Waals surface area contributed by atoms with Crippen LogP contribution in [0.3, 0.4) is 0 Å². The first kappa shape index (κ1) is 22.4. The van der Waals surface area contributed by atoms with Crippen molar-refractivity contribution >= 4 is 33.2 Å². The number of rotatable bonds is 6. The van der Waals surface area contributed by atoms with E-state index in [2.05, 4.69) is 18.6 Å². The molecule has 1 aliphatic rings. The van der Waals surface area contributed by atoms with Crippen LogP contribution in [0, 0.1) is 11.8 Å². The van der Waals surface area contributed by atoms with Crippen molar-refractivity contribution in [2.75, 3.05) is 24.4 Å². The summed E-state index contributed by atoms with van der Waals surface area (Å²) in [7, 11) is -3.97. The molecule has 3 rings (SSSR count). The zero-order chi connectivity index (χ0) is 21.9. The lowest BCUT2D eigenvalue weighted by Gasteiger charge is -2.35. The van der Waals surface area contributed by atoms with E-state index in [1.54, 1.807) is 35.2 Å². The van der Waals surface area contributed by atoms with Gasteiger partial charge in [0.25, 0.3) is 15.9 Å². The number of hydrogen-bond acceptors (Lipinski definition) is 4. The Labute approximate surface area is 183 Å². The first-order chi connectivity index (χ1) is 14.2. The Morgan fingerprint density at radius 3 is 2.37 bits per heavy atom. The number of piperidine rings is 1. The number of anilines is 1. The number of nitrogens with one attached hydrogen (secondary N) is 1. The monoisotopic (exact) mass is 450 g/mol. The number of carbonyl (C=O) groups is 1. The minimum absolute atomic E-state index is 0.0605. The minimum atomic E-state index is -3.97. The zero-order valence-electron chi connectivity index (χ0n) is 17.4. The zero-order valence-corrected chi connectivity index (χ0v) is 19.0. The fraction of sp³-hybridized carbons (Fsp3) is 0.409. The number of likely N-dealkylation sites (tertiary alicyclic amines) is 1. The lowest BCUT2D eigenvalue weighted by molar-refractivity contribution is 0.0623. The maximum atomic E-state index is 13.0. The molecule has 1 N–H and O–H groups in total. The van der Waals surface area contributed by atoms with E-state index in [0.717, 1.165) is 6.42 Å². The molecule has 30 heavy (non-hydrogen) atoms. The highest BCUT2D eigenvalue weighted by Crippen LogP contribution is 2.28. The van der Waals surface area contributed by atoms with Crippen LogP contribution in [-0.4, -0.2) is 38.9 Å². The Kier molecular flexibility index (Phi) is 6.93. The molecular weight excluding hydrogens is 424 g/mol. The summed E-state index contributed by atoms with van der Waals surface area (Å²) < 4.78 is 33.8. The molecule has 0 aromatic heterocycles. The molecule has 1 heterocycles. The molecule has 1 fully saturated rings. The fourth-order valence-electron chi connectivity index (χ4n) is 3.85. The Hall–Kier alpha value is -2.25. The van der Waals surface area contributed by atoms with Gasteiger partial charge in [-0.2, -0.15) is 0 Å². The van der Waals surface area contributed by atoms with Gasteiger partial charge in [-0.1, -0.05) is 25.4 Å². The number of halogens is 1. The molecule has 1 amide bonds. The Balaban J connectivity index is 1.83. The van der Waals surface area contributed by atoms with Crippen molar-refractivity contribution in [1.29, 1.82) is 0 Å². The minimum Gasteiger partial charge on any atom is -0.494 e. The maximum Gasteiger partial charge on any atom is 0.263 e. The van der Waals surface area contributed by atoms with Gasteiger partial charge < -0.3 is 9.64 Å². The molecule has 2 atom stereocenters. The van der Waals surface area contributed by atoms with E-state index in [1.165, 1.54) is 12.1 Å². The highest BCUT2D eigenvalue weighted by Gasteiger charge is 2.27. The lowest BCUT2D eigenvalue weighted by atomic mass is 9.91. The number of sulfonamides is 1. The molecule has 0 aliphatic carbocycles. The summed E-state index contributed by atoms with van der Waals surface area (Å²) in [6, 6.07) is 11.0. The van der Waals surface area contributed by atoms with Crippen molar-refractivity contribution < 1.29 is 17.9 Å². The van der Waals surface area contributed by atoms with Crippen LogP contribution >= 0.6 is 11.6 Å². The molecule has 8 heteroatoms. The third-order valence-corrected chi connectivity index (χ3v) is 6.90. The van der Waals surface area contributed by atoms with Crippen LogP contribution in [0.15, 0.2) is 47.4 Å². The standard InChI is InChI=1S/C22H27ClN2O4S/c1-4-29-19-8-6-18(7-9-19)24-30(27,28)21-12-17(5-10-20(21)23)22(26)25-13-15(2)11-16(3)14-25/h5-10,12,15-16,24H,4,11,13-14H2,1-3H3. The Bertz CT molecular complexity index is 998. The van der Waals surface area contributed by atoms with Gasteiger partial charge in [-0.15, -0.1) is 0 Å². The van der Waals surface area contributed by atoms with E-state index in [1.807, 2.05) is 6.92 Å². The van der Waals surface area contributed by atoms with E-state index in [4.69, 9.17) is 16.3 Å². The van der Waals surface area contributed by atoms with Crippen molar-refractivity contribution in [1.82, 2.24) is 4.90 Å². The number of amides is 1. The highest BCUT2D eigenvalue weighted by atomic mass is 35.5. The van der Waals surface area contributed by atoms with Gasteiger partial charge >= 0.3 is 0 Å². The predicted molar refractivity (Wildman–Crippen MR) is 119 cm³/mol. The van der Waals surface area contributed by atoms with Crippen LogP contribution < -0.4 is 9.46 Å². The van der Waals surface area contributed by atoms with E-state index in [-0.39, 0.29) is 15.8 Å². The molecular formula is C22H27ClN2O4S. The largest absolute Gasteiger partial charge is 0.494 e. The molecule has 0 radical (unpaired) electrons. The molecule has 162 valence electrons. The van der Waals surface area contributed by atoms with Crippen molar-refractivity contribution in [3.8, 4) is 5.75 Å². The topological polar surface area (TPSA) is 75.7 Å². The van der Waals surface area contributed by atoms with Crippen LogP contribution in [0.5, 0.6) is 5.75 Å². The first-order valence-electron chi connectivity index (χ1n) is 10.0. The summed E-state index contributed by atoms with van der Waals surface area (Å²) >= 11 is 6.19. The summed E-state index contributed by atoms with van der Waals surface area (Å²) in [6.07, 6.45) is 1.08. The van der Waals surface area contributed by atoms with Crippen LogP contribution in [0.4, 0.5) is 5.69 Å². The van der Waals surface area contributed by atoms with Gasteiger partial charge in [0, 0.05) is 24.3 Å². The summed E-state index contributed by atoms with van der Waals surface area (Å²) in [6.45, 7) is 7.97. The number of ether oxygens (including phenoxy) is 1. The van der Waals surface area contributed by atoms with Gasteiger partial charge in [0.15, 0.2) is 0 Å². The Morgan fingerprint density at radius 2 is 1.77 bits per heavy atom. The average Bonchev–Trinajstić information content (AvgIpc) is 2.68. The summed E-state index contributed by atoms with van der Waals surface area (Å²) in [5.74, 6) is 1.29. The van der Waals surface area contributed by atoms with Gasteiger partial charge in [-0.05, 0) is 67.6 Å². The van der Waals surface area contributed by atoms with E-state index in [0.29, 0.717) is 48.5 Å². The second-order valence-corrected chi connectivity index (χ2v) is 9.92. The van der Waals surface area contributed by atoms with Crippen molar-refractivity contribution in [3.05, 3.63) is 53.1 Å². The molecule has 0 spiro atoms.